The van der Waals surface area contributed by atoms with Crippen molar-refractivity contribution in [2.24, 2.45) is 0 Å². The van der Waals surface area contributed by atoms with Gasteiger partial charge in [-0.3, -0.25) is 0 Å². The highest BCUT2D eigenvalue weighted by atomic mass is 35.5. The number of carbonyl (C=O) groups excluding carboxylic acids is 1. The van der Waals surface area contributed by atoms with Crippen LogP contribution in [-0.2, 0) is 9.53 Å². The van der Waals surface area contributed by atoms with E-state index in [-0.39, 0.29) is 30.4 Å². The van der Waals surface area contributed by atoms with Crippen molar-refractivity contribution >= 4 is 40.9 Å². The zero-order chi connectivity index (χ0) is 18.1. The maximum atomic E-state index is 11.9. The predicted molar refractivity (Wildman–Crippen MR) is 93.5 cm³/mol. The Morgan fingerprint density at radius 1 is 1.40 bits per heavy atom. The minimum Gasteiger partial charge on any atom is -0.467 e. The van der Waals surface area contributed by atoms with Gasteiger partial charge < -0.3 is 20.5 Å². The summed E-state index contributed by atoms with van der Waals surface area (Å²) in [7, 11) is 1.28. The number of aromatic nitrogens is 3. The van der Waals surface area contributed by atoms with Gasteiger partial charge in [0, 0.05) is 18.5 Å². The van der Waals surface area contributed by atoms with Crippen LogP contribution in [-0.4, -0.2) is 52.1 Å². The monoisotopic (exact) mass is 383 g/mol. The second-order valence-electron chi connectivity index (χ2n) is 5.53. The molecule has 1 aliphatic heterocycles. The molecule has 0 amide bonds. The Hall–Kier alpha value is -2.16. The first kappa shape index (κ1) is 17.7. The summed E-state index contributed by atoms with van der Waals surface area (Å²) in [4.78, 5) is 17.6. The minimum absolute atomic E-state index is 0.0826. The summed E-state index contributed by atoms with van der Waals surface area (Å²) in [5, 5.41) is 18.6. The predicted octanol–water partition coefficient (Wildman–Crippen LogP) is 1.54. The van der Waals surface area contributed by atoms with Gasteiger partial charge in [0.25, 0.3) is 0 Å². The third-order valence-corrected chi connectivity index (χ3v) is 4.74. The number of nitrogens with two attached hydrogens (primary N) is 1. The molecule has 25 heavy (non-hydrogen) atoms. The lowest BCUT2D eigenvalue weighted by Crippen LogP contribution is -2.38. The second-order valence-corrected chi connectivity index (χ2v) is 6.31. The third kappa shape index (κ3) is 3.33. The van der Waals surface area contributed by atoms with Gasteiger partial charge in [0.15, 0.2) is 5.82 Å². The molecule has 1 aliphatic rings. The van der Waals surface area contributed by atoms with Gasteiger partial charge in [-0.25, -0.2) is 4.79 Å². The molecule has 0 bridgehead atoms. The topological polar surface area (TPSA) is 114 Å². The Balaban J connectivity index is 1.97. The number of nitrogen functional groups attached to an aromatic ring is 1. The first-order chi connectivity index (χ1) is 11.9. The van der Waals surface area contributed by atoms with Gasteiger partial charge in [-0.1, -0.05) is 35.3 Å². The second kappa shape index (κ2) is 6.99. The summed E-state index contributed by atoms with van der Waals surface area (Å²) in [5.41, 5.74) is 6.79. The number of rotatable bonds is 3. The molecule has 10 heteroatoms. The zero-order valence-electron chi connectivity index (χ0n) is 13.2. The molecule has 3 rings (SSSR count). The van der Waals surface area contributed by atoms with Gasteiger partial charge in [0.2, 0.25) is 5.95 Å². The Morgan fingerprint density at radius 3 is 2.84 bits per heavy atom. The van der Waals surface area contributed by atoms with Gasteiger partial charge in [-0.15, -0.1) is 10.2 Å². The van der Waals surface area contributed by atoms with Crippen molar-refractivity contribution in [3.8, 4) is 11.3 Å². The van der Waals surface area contributed by atoms with Crippen molar-refractivity contribution in [1.29, 1.82) is 0 Å². The van der Waals surface area contributed by atoms with Crippen LogP contribution in [0.3, 0.4) is 0 Å². The molecule has 0 saturated carbocycles. The van der Waals surface area contributed by atoms with Crippen molar-refractivity contribution in [3.05, 3.63) is 28.2 Å². The Morgan fingerprint density at radius 2 is 2.16 bits per heavy atom. The average Bonchev–Trinajstić information content (AvgIpc) is 2.99. The first-order valence-corrected chi connectivity index (χ1v) is 8.15. The van der Waals surface area contributed by atoms with Crippen LogP contribution in [0.4, 0.5) is 11.8 Å². The van der Waals surface area contributed by atoms with Gasteiger partial charge in [0.05, 0.1) is 23.3 Å². The van der Waals surface area contributed by atoms with Crippen LogP contribution >= 0.6 is 23.2 Å². The van der Waals surface area contributed by atoms with E-state index in [1.807, 2.05) is 0 Å². The SMILES string of the molecule is COC(=O)C1CC(O)CN1c1nnc(-c2cccc(Cl)c2Cl)c(N)n1. The number of halogens is 2. The molecule has 0 radical (unpaired) electrons. The summed E-state index contributed by atoms with van der Waals surface area (Å²) in [5.74, 6) is -0.272. The van der Waals surface area contributed by atoms with Crippen LogP contribution in [0.2, 0.25) is 10.0 Å². The fourth-order valence-corrected chi connectivity index (χ4v) is 3.11. The molecule has 1 aromatic carbocycles. The fourth-order valence-electron chi connectivity index (χ4n) is 2.72. The number of β-amino-alcohol motifs (C(OH)–C–C–N with tert-alkyl or cyclic N) is 1. The number of hydrogen-bond acceptors (Lipinski definition) is 8. The summed E-state index contributed by atoms with van der Waals surface area (Å²) >= 11 is 12.2. The van der Waals surface area contributed by atoms with E-state index >= 15 is 0 Å². The minimum atomic E-state index is -0.698. The highest BCUT2D eigenvalue weighted by molar-refractivity contribution is 6.43. The largest absolute Gasteiger partial charge is 0.467 e. The summed E-state index contributed by atoms with van der Waals surface area (Å²) in [6, 6.07) is 4.36. The molecule has 8 nitrogen and oxygen atoms in total. The zero-order valence-corrected chi connectivity index (χ0v) is 14.7. The van der Waals surface area contributed by atoms with E-state index in [9.17, 15) is 9.90 Å². The maximum absolute atomic E-state index is 11.9. The number of ether oxygens (including phenoxy) is 1. The van der Waals surface area contributed by atoms with E-state index in [0.29, 0.717) is 15.6 Å². The van der Waals surface area contributed by atoms with Crippen LogP contribution in [0.25, 0.3) is 11.3 Å². The average molecular weight is 384 g/mol. The number of methoxy groups -OCH3 is 1. The fraction of sp³-hybridized carbons (Fsp3) is 0.333. The molecule has 2 heterocycles. The number of aliphatic hydroxyl groups excluding tert-OH is 1. The molecular weight excluding hydrogens is 369 g/mol. The summed E-state index contributed by atoms with van der Waals surface area (Å²) in [6.45, 7) is 0.179. The number of esters is 1. The van der Waals surface area contributed by atoms with Gasteiger partial charge in [-0.2, -0.15) is 4.98 Å². The summed E-state index contributed by atoms with van der Waals surface area (Å²) in [6.07, 6.45) is -0.478. The van der Waals surface area contributed by atoms with E-state index < -0.39 is 18.1 Å². The number of aliphatic hydroxyl groups is 1. The Labute approximate surface area is 153 Å². The van der Waals surface area contributed by atoms with Crippen molar-refractivity contribution < 1.29 is 14.6 Å². The normalized spacial score (nSPS) is 19.9. The Kier molecular flexibility index (Phi) is 4.94. The van der Waals surface area contributed by atoms with Crippen LogP contribution in [0.1, 0.15) is 6.42 Å². The molecule has 1 fully saturated rings. The summed E-state index contributed by atoms with van der Waals surface area (Å²) < 4.78 is 4.76. The molecule has 0 aliphatic carbocycles. The molecule has 3 N–H and O–H groups in total. The number of benzene rings is 1. The van der Waals surface area contributed by atoms with Gasteiger partial charge >= 0.3 is 5.97 Å². The third-order valence-electron chi connectivity index (χ3n) is 3.92. The molecule has 1 saturated heterocycles. The standard InChI is InChI=1S/C15H15Cl2N5O3/c1-25-14(24)10-5-7(23)6-22(10)15-19-13(18)12(20-21-15)8-3-2-4-9(16)11(8)17/h2-4,7,10,23H,5-6H2,1H3,(H2,18,19,21). The molecular formula is C15H15Cl2N5O3. The van der Waals surface area contributed by atoms with Crippen molar-refractivity contribution in [3.63, 3.8) is 0 Å². The molecule has 132 valence electrons. The van der Waals surface area contributed by atoms with E-state index in [1.54, 1.807) is 18.2 Å². The van der Waals surface area contributed by atoms with E-state index in [4.69, 9.17) is 33.7 Å². The van der Waals surface area contributed by atoms with Crippen molar-refractivity contribution in [2.75, 3.05) is 24.3 Å². The van der Waals surface area contributed by atoms with Gasteiger partial charge in [-0.05, 0) is 6.07 Å². The quantitative estimate of drug-likeness (QED) is 0.766. The van der Waals surface area contributed by atoms with E-state index in [2.05, 4.69) is 15.2 Å². The van der Waals surface area contributed by atoms with Gasteiger partial charge in [0.1, 0.15) is 11.7 Å². The van der Waals surface area contributed by atoms with E-state index in [1.165, 1.54) is 12.0 Å². The highest BCUT2D eigenvalue weighted by Gasteiger charge is 2.38. The number of carbonyl (C=O) groups is 1. The molecule has 1 aromatic heterocycles. The molecule has 2 unspecified atom stereocenters. The lowest BCUT2D eigenvalue weighted by Gasteiger charge is -2.22. The lowest BCUT2D eigenvalue weighted by molar-refractivity contribution is -0.142. The number of hydrogen-bond donors (Lipinski definition) is 2. The van der Waals surface area contributed by atoms with E-state index in [0.717, 1.165) is 0 Å². The van der Waals surface area contributed by atoms with Crippen LogP contribution < -0.4 is 10.6 Å². The number of anilines is 2. The van der Waals surface area contributed by atoms with Crippen LogP contribution in [0.5, 0.6) is 0 Å². The molecule has 2 atom stereocenters. The molecule has 0 spiro atoms. The lowest BCUT2D eigenvalue weighted by atomic mass is 10.1. The van der Waals surface area contributed by atoms with Crippen LogP contribution in [0, 0.1) is 0 Å². The smallest absolute Gasteiger partial charge is 0.328 e. The molecule has 2 aromatic rings. The van der Waals surface area contributed by atoms with Crippen LogP contribution in [0.15, 0.2) is 18.2 Å². The maximum Gasteiger partial charge on any atom is 0.328 e. The highest BCUT2D eigenvalue weighted by Crippen LogP contribution is 2.35. The van der Waals surface area contributed by atoms with Crippen molar-refractivity contribution in [2.45, 2.75) is 18.6 Å². The first-order valence-electron chi connectivity index (χ1n) is 7.39. The number of nitrogens with zero attached hydrogens (tertiary/aromatic N) is 4. The Bertz CT molecular complexity index is 820. The van der Waals surface area contributed by atoms with Crippen molar-refractivity contribution in [1.82, 2.24) is 15.2 Å².